The molecule has 11 heteroatoms. The molecule has 1 amide bonds. The Morgan fingerprint density at radius 1 is 1.14 bits per heavy atom. The summed E-state index contributed by atoms with van der Waals surface area (Å²) < 4.78 is 55.4. The molecule has 2 aromatic heterocycles. The smallest absolute Gasteiger partial charge is 0.281 e. The van der Waals surface area contributed by atoms with Gasteiger partial charge in [-0.1, -0.05) is 13.0 Å². The summed E-state index contributed by atoms with van der Waals surface area (Å²) >= 11 is 0. The largest absolute Gasteiger partial charge is 0.384 e. The Morgan fingerprint density at radius 2 is 1.83 bits per heavy atom. The van der Waals surface area contributed by atoms with Gasteiger partial charge in [-0.2, -0.15) is 8.42 Å². The first kappa shape index (κ1) is 24.5. The third-order valence-corrected chi connectivity index (χ3v) is 7.12. The lowest BCUT2D eigenvalue weighted by molar-refractivity contribution is 0.0981. The molecule has 1 saturated heterocycles. The van der Waals surface area contributed by atoms with Crippen LogP contribution in [-0.4, -0.2) is 36.4 Å². The number of halogens is 2. The predicted octanol–water partition coefficient (Wildman–Crippen LogP) is 3.75. The van der Waals surface area contributed by atoms with Crippen molar-refractivity contribution in [3.63, 3.8) is 0 Å². The molecule has 8 nitrogen and oxygen atoms in total. The van der Waals surface area contributed by atoms with Gasteiger partial charge >= 0.3 is 0 Å². The third-order valence-electron chi connectivity index (χ3n) is 5.88. The fraction of sp³-hybridized carbons (Fsp3) is 0.292. The highest BCUT2D eigenvalue weighted by atomic mass is 32.2. The zero-order chi connectivity index (χ0) is 25.5. The van der Waals surface area contributed by atoms with Crippen molar-refractivity contribution in [2.75, 3.05) is 17.2 Å². The van der Waals surface area contributed by atoms with Crippen molar-refractivity contribution < 1.29 is 22.0 Å². The monoisotopic (exact) mass is 501 g/mol. The number of nitrogens with two attached hydrogens (primary N) is 1. The van der Waals surface area contributed by atoms with Gasteiger partial charge in [-0.05, 0) is 62.1 Å². The number of carbonyl (C=O) groups excluding carboxylic acids is 1. The summed E-state index contributed by atoms with van der Waals surface area (Å²) in [7, 11) is -4.36. The highest BCUT2D eigenvalue weighted by molar-refractivity contribution is 7.90. The predicted molar refractivity (Wildman–Crippen MR) is 128 cm³/mol. The molecule has 1 aliphatic rings. The molecular formula is C24H25F2N5O3S. The molecular weight excluding hydrogens is 476 g/mol. The Labute approximate surface area is 202 Å². The van der Waals surface area contributed by atoms with Gasteiger partial charge in [0.15, 0.2) is 5.03 Å². The van der Waals surface area contributed by atoms with Crippen LogP contribution in [0.1, 0.15) is 37.6 Å². The molecule has 1 aliphatic heterocycles. The summed E-state index contributed by atoms with van der Waals surface area (Å²) in [6.45, 7) is 6.67. The van der Waals surface area contributed by atoms with Crippen LogP contribution in [0, 0.1) is 17.6 Å². The number of nitrogen functional groups attached to an aromatic ring is 1. The highest BCUT2D eigenvalue weighted by Crippen LogP contribution is 2.38. The maximum absolute atomic E-state index is 13.8. The molecule has 0 aliphatic carbocycles. The van der Waals surface area contributed by atoms with Gasteiger partial charge in [0, 0.05) is 29.9 Å². The lowest BCUT2D eigenvalue weighted by atomic mass is 9.97. The molecule has 1 fully saturated rings. The van der Waals surface area contributed by atoms with Crippen molar-refractivity contribution in [3.05, 3.63) is 65.9 Å². The summed E-state index contributed by atoms with van der Waals surface area (Å²) in [6.07, 6.45) is 2.24. The first-order valence-corrected chi connectivity index (χ1v) is 12.4. The topological polar surface area (TPSA) is 118 Å². The Hall–Kier alpha value is -3.60. The van der Waals surface area contributed by atoms with Crippen molar-refractivity contribution in [1.29, 1.82) is 0 Å². The van der Waals surface area contributed by atoms with Crippen LogP contribution >= 0.6 is 0 Å². The number of rotatable bonds is 5. The average Bonchev–Trinajstić information content (AvgIpc) is 3.04. The van der Waals surface area contributed by atoms with Crippen molar-refractivity contribution >= 4 is 27.6 Å². The van der Waals surface area contributed by atoms with E-state index in [1.807, 2.05) is 23.5 Å². The molecule has 35 heavy (non-hydrogen) atoms. The van der Waals surface area contributed by atoms with Crippen LogP contribution in [0.5, 0.6) is 0 Å². The van der Waals surface area contributed by atoms with Crippen molar-refractivity contribution in [2.24, 2.45) is 5.92 Å². The van der Waals surface area contributed by atoms with Gasteiger partial charge in [0.1, 0.15) is 23.3 Å². The van der Waals surface area contributed by atoms with E-state index in [4.69, 9.17) is 5.73 Å². The number of nitrogens with one attached hydrogen (secondary N) is 1. The minimum Gasteiger partial charge on any atom is -0.384 e. The van der Waals surface area contributed by atoms with E-state index < -0.39 is 32.6 Å². The van der Waals surface area contributed by atoms with E-state index in [9.17, 15) is 22.0 Å². The van der Waals surface area contributed by atoms with Gasteiger partial charge < -0.3 is 10.6 Å². The van der Waals surface area contributed by atoms with Gasteiger partial charge in [-0.3, -0.25) is 4.79 Å². The fourth-order valence-corrected chi connectivity index (χ4v) is 5.43. The molecule has 3 heterocycles. The summed E-state index contributed by atoms with van der Waals surface area (Å²) in [6, 6.07) is 8.37. The number of pyridine rings is 2. The van der Waals surface area contributed by atoms with Crippen LogP contribution < -0.4 is 15.4 Å². The van der Waals surface area contributed by atoms with Crippen molar-refractivity contribution in [1.82, 2.24) is 14.7 Å². The summed E-state index contributed by atoms with van der Waals surface area (Å²) in [5, 5.41) is -0.418. The standard InChI is InChI=1S/C24H25F2N5O3S/c1-14-11-24(2,3)31(13-14)22-19(9-16(12-28-22)15-7-17(25)10-18(26)8-15)23(32)30-35(33,34)21-6-4-5-20(27)29-21/h4-10,12,14H,11,13H2,1-3H3,(H2,27,29)(H,30,32). The lowest BCUT2D eigenvalue weighted by Gasteiger charge is -2.33. The Balaban J connectivity index is 1.81. The molecule has 4 rings (SSSR count). The Morgan fingerprint density at radius 3 is 2.43 bits per heavy atom. The molecule has 1 unspecified atom stereocenters. The zero-order valence-electron chi connectivity index (χ0n) is 19.4. The molecule has 0 spiro atoms. The van der Waals surface area contributed by atoms with Crippen LogP contribution in [0.4, 0.5) is 20.4 Å². The van der Waals surface area contributed by atoms with Gasteiger partial charge in [-0.25, -0.2) is 23.5 Å². The van der Waals surface area contributed by atoms with Gasteiger partial charge in [0.05, 0.1) is 5.56 Å². The van der Waals surface area contributed by atoms with Gasteiger partial charge in [0.2, 0.25) is 0 Å². The summed E-state index contributed by atoms with van der Waals surface area (Å²) in [4.78, 5) is 23.5. The number of amides is 1. The number of anilines is 2. The molecule has 0 bridgehead atoms. The molecule has 1 aromatic carbocycles. The van der Waals surface area contributed by atoms with E-state index in [0.29, 0.717) is 12.5 Å². The quantitative estimate of drug-likeness (QED) is 0.547. The third kappa shape index (κ3) is 5.09. The van der Waals surface area contributed by atoms with Crippen molar-refractivity contribution in [2.45, 2.75) is 37.8 Å². The maximum atomic E-state index is 13.8. The average molecular weight is 502 g/mol. The molecule has 0 saturated carbocycles. The van der Waals surface area contributed by atoms with E-state index in [2.05, 4.69) is 16.9 Å². The molecule has 184 valence electrons. The Bertz CT molecular complexity index is 1390. The number of nitrogens with zero attached hydrogens (tertiary/aromatic N) is 3. The van der Waals surface area contributed by atoms with E-state index >= 15 is 0 Å². The minimum atomic E-state index is -4.36. The van der Waals surface area contributed by atoms with Crippen LogP contribution in [-0.2, 0) is 10.0 Å². The van der Waals surface area contributed by atoms with Crippen LogP contribution in [0.25, 0.3) is 11.1 Å². The SMILES string of the molecule is CC1CN(c2ncc(-c3cc(F)cc(F)c3)cc2C(=O)NS(=O)(=O)c2cccc(N)n2)C(C)(C)C1. The second-order valence-corrected chi connectivity index (χ2v) is 11.0. The number of benzene rings is 1. The molecule has 1 atom stereocenters. The molecule has 3 N–H and O–H groups in total. The molecule has 0 radical (unpaired) electrons. The highest BCUT2D eigenvalue weighted by Gasteiger charge is 2.39. The number of hydrogen-bond acceptors (Lipinski definition) is 7. The van der Waals surface area contributed by atoms with Gasteiger partial charge in [-0.15, -0.1) is 0 Å². The van der Waals surface area contributed by atoms with Crippen LogP contribution in [0.15, 0.2) is 53.7 Å². The number of sulfonamides is 1. The number of hydrogen-bond donors (Lipinski definition) is 2. The second kappa shape index (κ2) is 8.88. The van der Waals surface area contributed by atoms with E-state index in [-0.39, 0.29) is 33.9 Å². The number of carbonyl (C=O) groups is 1. The van der Waals surface area contributed by atoms with E-state index in [0.717, 1.165) is 24.6 Å². The maximum Gasteiger partial charge on any atom is 0.281 e. The summed E-state index contributed by atoms with van der Waals surface area (Å²) in [5.74, 6) is -1.98. The van der Waals surface area contributed by atoms with Crippen LogP contribution in [0.3, 0.4) is 0 Å². The first-order valence-electron chi connectivity index (χ1n) is 10.9. The normalized spacial score (nSPS) is 17.4. The number of aromatic nitrogens is 2. The lowest BCUT2D eigenvalue weighted by Crippen LogP contribution is -2.41. The van der Waals surface area contributed by atoms with Crippen LogP contribution in [0.2, 0.25) is 0 Å². The van der Waals surface area contributed by atoms with E-state index in [1.165, 1.54) is 30.5 Å². The zero-order valence-corrected chi connectivity index (χ0v) is 20.2. The second-order valence-electron chi connectivity index (χ2n) is 9.32. The fourth-order valence-electron chi connectivity index (χ4n) is 4.49. The first-order chi connectivity index (χ1) is 16.4. The Kier molecular flexibility index (Phi) is 6.22. The summed E-state index contributed by atoms with van der Waals surface area (Å²) in [5.41, 5.74) is 5.59. The van der Waals surface area contributed by atoms with Crippen molar-refractivity contribution in [3.8, 4) is 11.1 Å². The molecule has 3 aromatic rings. The van der Waals surface area contributed by atoms with E-state index in [1.54, 1.807) is 0 Å². The van der Waals surface area contributed by atoms with Gasteiger partial charge in [0.25, 0.3) is 15.9 Å². The minimum absolute atomic E-state index is 0.0226.